The van der Waals surface area contributed by atoms with Gasteiger partial charge in [-0.3, -0.25) is 0 Å². The van der Waals surface area contributed by atoms with E-state index in [1.54, 1.807) is 0 Å². The smallest absolute Gasteiger partial charge is 0.208 e. The van der Waals surface area contributed by atoms with E-state index in [0.29, 0.717) is 0 Å². The maximum Gasteiger partial charge on any atom is 0.208 e. The third-order valence-electron chi connectivity index (χ3n) is 2.17. The lowest BCUT2D eigenvalue weighted by atomic mass is 10.1. The van der Waals surface area contributed by atoms with Gasteiger partial charge >= 0.3 is 0 Å². The molecule has 2 nitrogen and oxygen atoms in total. The van der Waals surface area contributed by atoms with E-state index >= 15 is 0 Å². The van der Waals surface area contributed by atoms with Crippen molar-refractivity contribution < 1.29 is 9.47 Å². The van der Waals surface area contributed by atoms with Gasteiger partial charge in [-0.25, -0.2) is 0 Å². The van der Waals surface area contributed by atoms with Gasteiger partial charge in [0.1, 0.15) is 0 Å². The second kappa shape index (κ2) is 3.04. The molecule has 0 saturated carbocycles. The van der Waals surface area contributed by atoms with Crippen molar-refractivity contribution in [3.05, 3.63) is 24.3 Å². The van der Waals surface area contributed by atoms with Crippen molar-refractivity contribution in [2.45, 2.75) is 31.7 Å². The molecule has 66 valence electrons. The molecule has 0 N–H and O–H groups in total. The molecule has 0 radical (unpaired) electrons. The zero-order valence-electron chi connectivity index (χ0n) is 7.32. The maximum absolute atomic E-state index is 5.72. The quantitative estimate of drug-likeness (QED) is 0.512. The highest BCUT2D eigenvalue weighted by Gasteiger charge is 2.31. The molecule has 2 aliphatic heterocycles. The topological polar surface area (TPSA) is 18.5 Å². The Morgan fingerprint density at radius 3 is 2.83 bits per heavy atom. The van der Waals surface area contributed by atoms with Crippen molar-refractivity contribution in [2.75, 3.05) is 6.61 Å². The van der Waals surface area contributed by atoms with Crippen molar-refractivity contribution in [2.24, 2.45) is 0 Å². The van der Waals surface area contributed by atoms with Gasteiger partial charge in [0, 0.05) is 0 Å². The van der Waals surface area contributed by atoms with Crippen LogP contribution in [0.2, 0.25) is 0 Å². The number of rotatable bonds is 0. The first-order valence-corrected chi connectivity index (χ1v) is 4.48. The summed E-state index contributed by atoms with van der Waals surface area (Å²) in [6.45, 7) is 2.82. The summed E-state index contributed by atoms with van der Waals surface area (Å²) >= 11 is 0. The molecule has 0 unspecified atom stereocenters. The molecule has 2 atom stereocenters. The molecule has 0 aromatic heterocycles. The molecule has 0 amide bonds. The molecular formula is C10H14O2. The standard InChI is InChI=1S/C10H14O2/c1-9-5-4-7-10(12-9)6-2-3-8-11-10/h2,4,6-7,9H,3,5,8H2,1H3/t9-,10+/m0/s1. The molecule has 2 aliphatic rings. The Kier molecular flexibility index (Phi) is 2.03. The predicted octanol–water partition coefficient (Wildman–Crippen LogP) is 2.02. The first-order chi connectivity index (χ1) is 5.81. The zero-order chi connectivity index (χ0) is 8.44. The minimum Gasteiger partial charge on any atom is -0.343 e. The Balaban J connectivity index is 2.18. The number of hydrogen-bond donors (Lipinski definition) is 0. The molecule has 2 heteroatoms. The minimum absolute atomic E-state index is 0.262. The van der Waals surface area contributed by atoms with Crippen LogP contribution in [0.4, 0.5) is 0 Å². The molecule has 2 heterocycles. The first kappa shape index (κ1) is 8.02. The average molecular weight is 166 g/mol. The van der Waals surface area contributed by atoms with Gasteiger partial charge in [-0.15, -0.1) is 0 Å². The Morgan fingerprint density at radius 1 is 1.33 bits per heavy atom. The molecule has 0 fully saturated rings. The predicted molar refractivity (Wildman–Crippen MR) is 46.7 cm³/mol. The summed E-state index contributed by atoms with van der Waals surface area (Å²) in [6.07, 6.45) is 10.5. The molecule has 1 spiro atoms. The Labute approximate surface area is 72.9 Å². The normalized spacial score (nSPS) is 40.6. The molecule has 12 heavy (non-hydrogen) atoms. The van der Waals surface area contributed by atoms with Crippen molar-refractivity contribution in [3.8, 4) is 0 Å². The lowest BCUT2D eigenvalue weighted by Crippen LogP contribution is -2.39. The van der Waals surface area contributed by atoms with Crippen LogP contribution >= 0.6 is 0 Å². The van der Waals surface area contributed by atoms with Crippen molar-refractivity contribution in [1.82, 2.24) is 0 Å². The highest BCUT2D eigenvalue weighted by atomic mass is 16.7. The van der Waals surface area contributed by atoms with Crippen LogP contribution in [0.15, 0.2) is 24.3 Å². The fourth-order valence-electron chi connectivity index (χ4n) is 1.58. The van der Waals surface area contributed by atoms with Crippen molar-refractivity contribution in [1.29, 1.82) is 0 Å². The van der Waals surface area contributed by atoms with Crippen molar-refractivity contribution >= 4 is 0 Å². The third kappa shape index (κ3) is 1.45. The third-order valence-corrected chi connectivity index (χ3v) is 2.17. The van der Waals surface area contributed by atoms with Gasteiger partial charge in [0.15, 0.2) is 0 Å². The Morgan fingerprint density at radius 2 is 2.17 bits per heavy atom. The lowest BCUT2D eigenvalue weighted by Gasteiger charge is -2.35. The molecule has 0 bridgehead atoms. The molecule has 0 aromatic carbocycles. The van der Waals surface area contributed by atoms with E-state index in [-0.39, 0.29) is 6.10 Å². The minimum atomic E-state index is -0.532. The van der Waals surface area contributed by atoms with E-state index in [1.807, 2.05) is 12.2 Å². The van der Waals surface area contributed by atoms with Gasteiger partial charge < -0.3 is 9.47 Å². The molecule has 0 aromatic rings. The van der Waals surface area contributed by atoms with E-state index in [0.717, 1.165) is 19.4 Å². The molecule has 0 saturated heterocycles. The van der Waals surface area contributed by atoms with Gasteiger partial charge in [-0.2, -0.15) is 0 Å². The lowest BCUT2D eigenvalue weighted by molar-refractivity contribution is -0.202. The van der Waals surface area contributed by atoms with E-state index in [9.17, 15) is 0 Å². The van der Waals surface area contributed by atoms with Crippen LogP contribution in [-0.2, 0) is 9.47 Å². The second-order valence-electron chi connectivity index (χ2n) is 3.33. The summed E-state index contributed by atoms with van der Waals surface area (Å²) < 4.78 is 11.3. The molecule has 2 rings (SSSR count). The fraction of sp³-hybridized carbons (Fsp3) is 0.600. The van der Waals surface area contributed by atoms with Crippen LogP contribution < -0.4 is 0 Å². The van der Waals surface area contributed by atoms with Gasteiger partial charge in [-0.1, -0.05) is 12.2 Å². The Hall–Kier alpha value is -0.600. The van der Waals surface area contributed by atoms with Gasteiger partial charge in [-0.05, 0) is 31.9 Å². The zero-order valence-corrected chi connectivity index (χ0v) is 7.32. The summed E-state index contributed by atoms with van der Waals surface area (Å²) in [5.74, 6) is -0.532. The summed E-state index contributed by atoms with van der Waals surface area (Å²) in [4.78, 5) is 0. The molecular weight excluding hydrogens is 152 g/mol. The summed E-state index contributed by atoms with van der Waals surface area (Å²) in [5, 5.41) is 0. The van der Waals surface area contributed by atoms with Crippen molar-refractivity contribution in [3.63, 3.8) is 0 Å². The number of hydrogen-bond acceptors (Lipinski definition) is 2. The summed E-state index contributed by atoms with van der Waals surface area (Å²) in [7, 11) is 0. The van der Waals surface area contributed by atoms with Gasteiger partial charge in [0.05, 0.1) is 12.7 Å². The van der Waals surface area contributed by atoms with E-state index in [4.69, 9.17) is 9.47 Å². The van der Waals surface area contributed by atoms with Gasteiger partial charge in [0.2, 0.25) is 5.79 Å². The van der Waals surface area contributed by atoms with Crippen LogP contribution in [0.3, 0.4) is 0 Å². The van der Waals surface area contributed by atoms with Gasteiger partial charge in [0.25, 0.3) is 0 Å². The van der Waals surface area contributed by atoms with Crippen LogP contribution in [0.25, 0.3) is 0 Å². The highest BCUT2D eigenvalue weighted by Crippen LogP contribution is 2.28. The van der Waals surface area contributed by atoms with Crippen LogP contribution in [0.1, 0.15) is 19.8 Å². The fourth-order valence-corrected chi connectivity index (χ4v) is 1.58. The Bertz CT molecular complexity index is 220. The number of ether oxygens (including phenoxy) is 2. The average Bonchev–Trinajstić information content (AvgIpc) is 2.05. The van der Waals surface area contributed by atoms with Crippen LogP contribution in [-0.4, -0.2) is 18.5 Å². The van der Waals surface area contributed by atoms with E-state index in [1.165, 1.54) is 0 Å². The maximum atomic E-state index is 5.72. The monoisotopic (exact) mass is 166 g/mol. The highest BCUT2D eigenvalue weighted by molar-refractivity contribution is 5.14. The second-order valence-corrected chi connectivity index (χ2v) is 3.33. The van der Waals surface area contributed by atoms with Crippen LogP contribution in [0, 0.1) is 0 Å². The summed E-state index contributed by atoms with van der Waals surface area (Å²) in [5.41, 5.74) is 0. The largest absolute Gasteiger partial charge is 0.343 e. The van der Waals surface area contributed by atoms with Crippen LogP contribution in [0.5, 0.6) is 0 Å². The SMILES string of the molecule is C[C@H]1CC=C[C@@]2(C=CCCO2)O1. The molecule has 0 aliphatic carbocycles. The first-order valence-electron chi connectivity index (χ1n) is 4.48. The van der Waals surface area contributed by atoms with E-state index < -0.39 is 5.79 Å². The summed E-state index contributed by atoms with van der Waals surface area (Å²) in [6, 6.07) is 0. The van der Waals surface area contributed by atoms with E-state index in [2.05, 4.69) is 19.1 Å².